The van der Waals surface area contributed by atoms with Gasteiger partial charge in [0.25, 0.3) is 5.56 Å². The van der Waals surface area contributed by atoms with E-state index < -0.39 is 0 Å². The lowest BCUT2D eigenvalue weighted by Gasteiger charge is -2.17. The summed E-state index contributed by atoms with van der Waals surface area (Å²) in [5, 5.41) is 8.27. The number of para-hydroxylation sites is 1. The summed E-state index contributed by atoms with van der Waals surface area (Å²) in [5.41, 5.74) is 5.28. The molecule has 0 unspecified atom stereocenters. The summed E-state index contributed by atoms with van der Waals surface area (Å²) in [6, 6.07) is 15.3. The molecule has 0 aliphatic carbocycles. The van der Waals surface area contributed by atoms with Crippen LogP contribution in [0.3, 0.4) is 0 Å². The monoisotopic (exact) mass is 473 g/mol. The highest BCUT2D eigenvalue weighted by Gasteiger charge is 2.27. The number of carbonyl (C=O) groups excluding carboxylic acids is 1. The Morgan fingerprint density at radius 3 is 2.68 bits per heavy atom. The zero-order valence-electron chi connectivity index (χ0n) is 19.4. The number of hydrogen-bond donors (Lipinski definition) is 1. The van der Waals surface area contributed by atoms with Crippen molar-refractivity contribution in [2.75, 3.05) is 11.1 Å². The number of thioether (sulfide) groups is 1. The maximum absolute atomic E-state index is 13.3. The molecule has 0 bridgehead atoms. The number of aryl methyl sites for hydroxylation is 2. The second kappa shape index (κ2) is 9.46. The number of anilines is 1. The van der Waals surface area contributed by atoms with Gasteiger partial charge in [0, 0.05) is 17.9 Å². The fourth-order valence-corrected chi connectivity index (χ4v) is 5.19. The van der Waals surface area contributed by atoms with E-state index >= 15 is 0 Å². The fourth-order valence-electron chi connectivity index (χ4n) is 4.35. The van der Waals surface area contributed by atoms with Crippen molar-refractivity contribution in [1.29, 1.82) is 0 Å². The highest BCUT2D eigenvalue weighted by molar-refractivity contribution is 7.99. The molecule has 174 valence electrons. The molecule has 34 heavy (non-hydrogen) atoms. The van der Waals surface area contributed by atoms with Crippen LogP contribution in [0.1, 0.15) is 36.1 Å². The third-order valence-corrected chi connectivity index (χ3v) is 7.27. The maximum Gasteiger partial charge on any atom is 0.284 e. The average Bonchev–Trinajstić information content (AvgIpc) is 3.00. The average molecular weight is 474 g/mol. The van der Waals surface area contributed by atoms with E-state index in [1.165, 1.54) is 22.0 Å². The summed E-state index contributed by atoms with van der Waals surface area (Å²) < 4.78 is 3.56. The first-order chi connectivity index (χ1) is 16.5. The summed E-state index contributed by atoms with van der Waals surface area (Å²) in [5.74, 6) is 0.589. The molecule has 0 radical (unpaired) electrons. The first-order valence-corrected chi connectivity index (χ1v) is 12.6. The second-order valence-electron chi connectivity index (χ2n) is 8.69. The third-order valence-electron chi connectivity index (χ3n) is 6.29. The Kier molecular flexibility index (Phi) is 6.24. The fraction of sp³-hybridized carbons (Fsp3) is 0.308. The number of nitrogens with zero attached hydrogens (tertiary/aromatic N) is 4. The smallest absolute Gasteiger partial charge is 0.284 e. The van der Waals surface area contributed by atoms with Crippen LogP contribution in [0.25, 0.3) is 17.1 Å². The standard InChI is InChI=1S/C26H27N5O2S/c1-17-12-13-19(15-18(17)2)27-22(32)16-34-26-28-24-23(21-11-7-4-8-14-30(21)26)25(33)31(29-24)20-9-5-3-6-10-20/h3,5-6,9-10,12-13,15H,4,7-8,11,14,16H2,1-2H3,(H,27,32). The van der Waals surface area contributed by atoms with Gasteiger partial charge < -0.3 is 9.88 Å². The molecular weight excluding hydrogens is 446 g/mol. The van der Waals surface area contributed by atoms with Crippen LogP contribution in [0.15, 0.2) is 58.5 Å². The van der Waals surface area contributed by atoms with Gasteiger partial charge in [-0.2, -0.15) is 4.68 Å². The van der Waals surface area contributed by atoms with E-state index in [1.807, 2.05) is 62.4 Å². The van der Waals surface area contributed by atoms with Crippen LogP contribution in [0.4, 0.5) is 5.69 Å². The summed E-state index contributed by atoms with van der Waals surface area (Å²) in [4.78, 5) is 30.8. The van der Waals surface area contributed by atoms with Gasteiger partial charge in [0.2, 0.25) is 5.91 Å². The number of hydrogen-bond acceptors (Lipinski definition) is 5. The van der Waals surface area contributed by atoms with Gasteiger partial charge in [-0.25, -0.2) is 4.98 Å². The molecule has 0 spiro atoms. The number of benzene rings is 2. The van der Waals surface area contributed by atoms with Crippen molar-refractivity contribution in [3.63, 3.8) is 0 Å². The molecular formula is C26H27N5O2S. The molecule has 0 atom stereocenters. The topological polar surface area (TPSA) is 81.8 Å². The number of fused-ring (bicyclic) bond motifs is 3. The zero-order chi connectivity index (χ0) is 23.7. The van der Waals surface area contributed by atoms with E-state index in [0.29, 0.717) is 11.4 Å². The molecule has 0 aromatic heterocycles. The van der Waals surface area contributed by atoms with Crippen molar-refractivity contribution >= 4 is 23.4 Å². The minimum atomic E-state index is -0.136. The molecule has 1 amide bonds. The Bertz CT molecular complexity index is 1380. The summed E-state index contributed by atoms with van der Waals surface area (Å²) >= 11 is 1.39. The Morgan fingerprint density at radius 1 is 1.06 bits per heavy atom. The van der Waals surface area contributed by atoms with Crippen LogP contribution >= 0.6 is 11.8 Å². The van der Waals surface area contributed by atoms with Gasteiger partial charge >= 0.3 is 0 Å². The maximum atomic E-state index is 13.3. The van der Waals surface area contributed by atoms with Crippen molar-refractivity contribution in [1.82, 2.24) is 19.3 Å². The highest BCUT2D eigenvalue weighted by atomic mass is 32.2. The molecule has 1 N–H and O–H groups in total. The number of rotatable bonds is 5. The van der Waals surface area contributed by atoms with Crippen molar-refractivity contribution in [3.8, 4) is 17.1 Å². The SMILES string of the molecule is Cc1ccc(NC(=O)CSc2nc3nn(-c4ccccc4)c(=O)c-3c3n2CCCCC3)cc1C. The van der Waals surface area contributed by atoms with Crippen molar-refractivity contribution < 1.29 is 4.79 Å². The van der Waals surface area contributed by atoms with Crippen molar-refractivity contribution in [2.45, 2.75) is 51.2 Å². The van der Waals surface area contributed by atoms with E-state index in [-0.39, 0.29) is 17.2 Å². The number of amides is 1. The minimum absolute atomic E-state index is 0.0857. The number of nitrogens with one attached hydrogen (secondary N) is 1. The van der Waals surface area contributed by atoms with Crippen LogP contribution in [-0.4, -0.2) is 31.0 Å². The molecule has 0 fully saturated rings. The van der Waals surface area contributed by atoms with Crippen molar-refractivity contribution in [3.05, 3.63) is 75.7 Å². The molecule has 8 heteroatoms. The summed E-state index contributed by atoms with van der Waals surface area (Å²) in [6.07, 6.45) is 3.94. The van der Waals surface area contributed by atoms with Crippen molar-refractivity contribution in [2.24, 2.45) is 0 Å². The van der Waals surface area contributed by atoms with E-state index in [0.717, 1.165) is 60.0 Å². The lowest BCUT2D eigenvalue weighted by Crippen LogP contribution is -2.20. The molecule has 0 saturated carbocycles. The molecule has 3 aliphatic rings. The lowest BCUT2D eigenvalue weighted by atomic mass is 10.1. The quantitative estimate of drug-likeness (QED) is 0.338. The van der Waals surface area contributed by atoms with Gasteiger partial charge in [-0.05, 0) is 68.5 Å². The van der Waals surface area contributed by atoms with Crippen LogP contribution in [-0.2, 0) is 17.8 Å². The predicted octanol–water partition coefficient (Wildman–Crippen LogP) is 4.61. The first-order valence-electron chi connectivity index (χ1n) is 11.6. The highest BCUT2D eigenvalue weighted by Crippen LogP contribution is 2.30. The molecule has 3 heterocycles. The lowest BCUT2D eigenvalue weighted by molar-refractivity contribution is -0.113. The Balaban J connectivity index is 1.46. The molecule has 7 nitrogen and oxygen atoms in total. The second-order valence-corrected chi connectivity index (χ2v) is 9.63. The van der Waals surface area contributed by atoms with E-state index in [2.05, 4.69) is 15.0 Å². The van der Waals surface area contributed by atoms with Crippen LogP contribution in [0, 0.1) is 13.8 Å². The van der Waals surface area contributed by atoms with Gasteiger partial charge in [0.05, 0.1) is 11.4 Å². The van der Waals surface area contributed by atoms with E-state index in [4.69, 9.17) is 4.98 Å². The summed E-state index contributed by atoms with van der Waals surface area (Å²) in [7, 11) is 0. The predicted molar refractivity (Wildman–Crippen MR) is 135 cm³/mol. The zero-order valence-corrected chi connectivity index (χ0v) is 20.2. The van der Waals surface area contributed by atoms with Gasteiger partial charge in [-0.1, -0.05) is 42.4 Å². The molecule has 2 aromatic rings. The third kappa shape index (κ3) is 4.37. The molecule has 5 rings (SSSR count). The largest absolute Gasteiger partial charge is 0.325 e. The van der Waals surface area contributed by atoms with Crippen LogP contribution < -0.4 is 10.9 Å². The van der Waals surface area contributed by atoms with Gasteiger partial charge in [0.1, 0.15) is 5.56 Å². The molecule has 3 aliphatic heterocycles. The van der Waals surface area contributed by atoms with Crippen LogP contribution in [0.5, 0.6) is 0 Å². The normalized spacial score (nSPS) is 13.5. The number of aromatic nitrogens is 4. The molecule has 0 saturated heterocycles. The Morgan fingerprint density at radius 2 is 1.88 bits per heavy atom. The van der Waals surface area contributed by atoms with Crippen LogP contribution in [0.2, 0.25) is 0 Å². The summed E-state index contributed by atoms with van der Waals surface area (Å²) in [6.45, 7) is 4.87. The minimum Gasteiger partial charge on any atom is -0.325 e. The van der Waals surface area contributed by atoms with Gasteiger partial charge in [0.15, 0.2) is 11.0 Å². The first kappa shape index (κ1) is 22.4. The number of carbonyl (C=O) groups is 1. The molecule has 2 aromatic carbocycles. The van der Waals surface area contributed by atoms with Gasteiger partial charge in [-0.15, -0.1) is 5.10 Å². The Labute approximate surface area is 202 Å². The Hall–Kier alpha value is -3.39. The van der Waals surface area contributed by atoms with E-state index in [9.17, 15) is 9.59 Å². The van der Waals surface area contributed by atoms with E-state index in [1.54, 1.807) is 0 Å². The van der Waals surface area contributed by atoms with Gasteiger partial charge in [-0.3, -0.25) is 9.59 Å².